The highest BCUT2D eigenvalue weighted by Crippen LogP contribution is 2.29. The van der Waals surface area contributed by atoms with Gasteiger partial charge in [0.25, 0.3) is 0 Å². The summed E-state index contributed by atoms with van der Waals surface area (Å²) in [5, 5.41) is 5.25. The van der Waals surface area contributed by atoms with Crippen molar-refractivity contribution >= 4 is 23.2 Å². The van der Waals surface area contributed by atoms with E-state index >= 15 is 0 Å². The number of nitrogens with one attached hydrogen (secondary N) is 1. The highest BCUT2D eigenvalue weighted by Gasteiger charge is 2.25. The predicted octanol–water partition coefficient (Wildman–Crippen LogP) is 4.46. The Morgan fingerprint density at radius 1 is 1.21 bits per heavy atom. The lowest BCUT2D eigenvalue weighted by Crippen LogP contribution is -2.41. The molecule has 2 heterocycles. The molecule has 0 spiro atoms. The maximum atomic E-state index is 12.4. The van der Waals surface area contributed by atoms with Crippen LogP contribution in [0.1, 0.15) is 76.6 Å². The molecule has 1 aliphatic rings. The van der Waals surface area contributed by atoms with E-state index in [0.29, 0.717) is 25.8 Å². The second kappa shape index (κ2) is 13.0. The number of hydrogen-bond donors (Lipinski definition) is 1. The average Bonchev–Trinajstić information content (AvgIpc) is 3.23. The molecule has 0 radical (unpaired) electrons. The van der Waals surface area contributed by atoms with Crippen LogP contribution in [0, 0.1) is 5.92 Å². The smallest absolute Gasteiger partial charge is 0.222 e. The number of thiophene rings is 1. The molecule has 1 aliphatic heterocycles. The number of carbonyl (C=O) groups is 2. The summed E-state index contributed by atoms with van der Waals surface area (Å²) >= 11 is 1.77. The van der Waals surface area contributed by atoms with E-state index in [1.165, 1.54) is 17.7 Å². The fourth-order valence-electron chi connectivity index (χ4n) is 3.99. The molecule has 1 unspecified atom stereocenters. The van der Waals surface area contributed by atoms with Gasteiger partial charge in [-0.2, -0.15) is 0 Å². The van der Waals surface area contributed by atoms with Gasteiger partial charge in [-0.1, -0.05) is 26.8 Å². The van der Waals surface area contributed by atoms with E-state index in [0.717, 1.165) is 44.9 Å². The minimum Gasteiger partial charge on any atom is -0.354 e. The Bertz CT molecular complexity index is 591. The van der Waals surface area contributed by atoms with Crippen LogP contribution >= 0.6 is 11.3 Å². The third-order valence-corrected chi connectivity index (χ3v) is 6.73. The Morgan fingerprint density at radius 2 is 1.90 bits per heavy atom. The fraction of sp³-hybridized carbons (Fsp3) is 0.739. The summed E-state index contributed by atoms with van der Waals surface area (Å²) in [6, 6.07) is 4.53. The molecule has 1 N–H and O–H groups in total. The molecule has 1 saturated heterocycles. The van der Waals surface area contributed by atoms with E-state index in [4.69, 9.17) is 0 Å². The van der Waals surface area contributed by atoms with Crippen LogP contribution in [0.3, 0.4) is 0 Å². The van der Waals surface area contributed by atoms with Crippen LogP contribution < -0.4 is 5.32 Å². The summed E-state index contributed by atoms with van der Waals surface area (Å²) in [6.45, 7) is 11.0. The molecule has 1 aromatic rings. The maximum Gasteiger partial charge on any atom is 0.222 e. The zero-order chi connectivity index (χ0) is 21.1. The van der Waals surface area contributed by atoms with Crippen molar-refractivity contribution in [2.24, 2.45) is 5.92 Å². The first-order valence-corrected chi connectivity index (χ1v) is 12.2. The van der Waals surface area contributed by atoms with Crippen LogP contribution in [0.5, 0.6) is 0 Å². The first-order valence-electron chi connectivity index (χ1n) is 11.4. The molecule has 6 heteroatoms. The molecule has 2 rings (SSSR count). The summed E-state index contributed by atoms with van der Waals surface area (Å²) in [5.41, 5.74) is 0. The number of rotatable bonds is 12. The number of carbonyl (C=O) groups excluding carboxylic acids is 2. The van der Waals surface area contributed by atoms with Crippen molar-refractivity contribution in [1.82, 2.24) is 15.1 Å². The monoisotopic (exact) mass is 421 g/mol. The van der Waals surface area contributed by atoms with Crippen LogP contribution in [0.2, 0.25) is 0 Å². The zero-order valence-electron chi connectivity index (χ0n) is 18.5. The van der Waals surface area contributed by atoms with Crippen molar-refractivity contribution in [3.05, 3.63) is 22.4 Å². The van der Waals surface area contributed by atoms with Crippen molar-refractivity contribution in [1.29, 1.82) is 0 Å². The van der Waals surface area contributed by atoms with Crippen LogP contribution in [-0.2, 0) is 9.59 Å². The Kier molecular flexibility index (Phi) is 10.7. The molecule has 29 heavy (non-hydrogen) atoms. The summed E-state index contributed by atoms with van der Waals surface area (Å²) in [7, 11) is 0. The standard InChI is InChI=1S/C23H39N3O2S/c1-4-13-26(14-5-2)23(28)10-6-9-22(27)24-18-20(21-8-7-17-29-21)25-15-11-19(3)12-16-25/h7-8,17,19-20H,4-6,9-16,18H2,1-3H3,(H,24,27). The first kappa shape index (κ1) is 23.9. The Hall–Kier alpha value is -1.40. The largest absolute Gasteiger partial charge is 0.354 e. The number of hydrogen-bond acceptors (Lipinski definition) is 4. The molecular formula is C23H39N3O2S. The molecule has 5 nitrogen and oxygen atoms in total. The van der Waals surface area contributed by atoms with Crippen LogP contribution in [-0.4, -0.2) is 54.3 Å². The lowest BCUT2D eigenvalue weighted by Gasteiger charge is -2.36. The summed E-state index contributed by atoms with van der Waals surface area (Å²) in [4.78, 5) is 30.5. The van der Waals surface area contributed by atoms with Gasteiger partial charge in [0.2, 0.25) is 11.8 Å². The average molecular weight is 422 g/mol. The van der Waals surface area contributed by atoms with Crippen molar-refractivity contribution in [3.8, 4) is 0 Å². The Morgan fingerprint density at radius 3 is 2.48 bits per heavy atom. The second-order valence-electron chi connectivity index (χ2n) is 8.29. The Labute approximate surface area is 180 Å². The zero-order valence-corrected chi connectivity index (χ0v) is 19.3. The van der Waals surface area contributed by atoms with Gasteiger partial charge in [-0.05, 0) is 62.6 Å². The molecule has 0 aliphatic carbocycles. The molecule has 1 fully saturated rings. The van der Waals surface area contributed by atoms with Gasteiger partial charge in [0.05, 0.1) is 6.04 Å². The van der Waals surface area contributed by atoms with Crippen molar-refractivity contribution in [2.45, 2.75) is 71.8 Å². The van der Waals surface area contributed by atoms with Gasteiger partial charge in [-0.3, -0.25) is 14.5 Å². The highest BCUT2D eigenvalue weighted by atomic mass is 32.1. The van der Waals surface area contributed by atoms with Crippen molar-refractivity contribution < 1.29 is 9.59 Å². The normalized spacial score (nSPS) is 16.5. The summed E-state index contributed by atoms with van der Waals surface area (Å²) in [5.74, 6) is 1.03. The van der Waals surface area contributed by atoms with Gasteiger partial charge in [0.1, 0.15) is 0 Å². The van der Waals surface area contributed by atoms with Gasteiger partial charge in [0.15, 0.2) is 0 Å². The van der Waals surface area contributed by atoms with Gasteiger partial charge in [-0.25, -0.2) is 0 Å². The van der Waals surface area contributed by atoms with Gasteiger partial charge < -0.3 is 10.2 Å². The minimum atomic E-state index is 0.0577. The van der Waals surface area contributed by atoms with E-state index in [1.807, 2.05) is 4.90 Å². The highest BCUT2D eigenvalue weighted by molar-refractivity contribution is 7.10. The van der Waals surface area contributed by atoms with Crippen LogP contribution in [0.25, 0.3) is 0 Å². The molecule has 0 aromatic carbocycles. The second-order valence-corrected chi connectivity index (χ2v) is 9.27. The lowest BCUT2D eigenvalue weighted by atomic mass is 9.97. The number of likely N-dealkylation sites (tertiary alicyclic amines) is 1. The van der Waals surface area contributed by atoms with Crippen molar-refractivity contribution in [3.63, 3.8) is 0 Å². The fourth-order valence-corrected chi connectivity index (χ4v) is 4.85. The molecule has 1 atom stereocenters. The third-order valence-electron chi connectivity index (χ3n) is 5.76. The number of amides is 2. The van der Waals surface area contributed by atoms with E-state index in [2.05, 4.69) is 48.5 Å². The first-order chi connectivity index (χ1) is 14.0. The molecule has 2 amide bonds. The van der Waals surface area contributed by atoms with E-state index in [9.17, 15) is 9.59 Å². The third kappa shape index (κ3) is 8.09. The minimum absolute atomic E-state index is 0.0577. The SMILES string of the molecule is CCCN(CCC)C(=O)CCCC(=O)NCC(c1cccs1)N1CCC(C)CC1. The maximum absolute atomic E-state index is 12.4. The van der Waals surface area contributed by atoms with E-state index in [-0.39, 0.29) is 17.9 Å². The molecule has 164 valence electrons. The molecular weight excluding hydrogens is 382 g/mol. The van der Waals surface area contributed by atoms with Gasteiger partial charge in [0, 0.05) is 37.4 Å². The summed E-state index contributed by atoms with van der Waals surface area (Å²) in [6.07, 6.45) is 5.92. The van der Waals surface area contributed by atoms with E-state index < -0.39 is 0 Å². The molecule has 1 aromatic heterocycles. The van der Waals surface area contributed by atoms with Crippen molar-refractivity contribution in [2.75, 3.05) is 32.7 Å². The van der Waals surface area contributed by atoms with Gasteiger partial charge >= 0.3 is 0 Å². The number of piperidine rings is 1. The lowest BCUT2D eigenvalue weighted by molar-refractivity contribution is -0.131. The molecule has 0 saturated carbocycles. The van der Waals surface area contributed by atoms with Crippen LogP contribution in [0.4, 0.5) is 0 Å². The topological polar surface area (TPSA) is 52.7 Å². The molecule has 0 bridgehead atoms. The van der Waals surface area contributed by atoms with E-state index in [1.54, 1.807) is 11.3 Å². The Balaban J connectivity index is 1.77. The summed E-state index contributed by atoms with van der Waals surface area (Å²) < 4.78 is 0. The number of nitrogens with zero attached hydrogens (tertiary/aromatic N) is 2. The predicted molar refractivity (Wildman–Crippen MR) is 121 cm³/mol. The van der Waals surface area contributed by atoms with Gasteiger partial charge in [-0.15, -0.1) is 11.3 Å². The van der Waals surface area contributed by atoms with Crippen LogP contribution in [0.15, 0.2) is 17.5 Å². The quantitative estimate of drug-likeness (QED) is 0.542.